The number of halogens is 1. The van der Waals surface area contributed by atoms with Crippen molar-refractivity contribution in [1.29, 1.82) is 0 Å². The Kier molecular flexibility index (Phi) is 3.84. The molecule has 0 aliphatic carbocycles. The maximum absolute atomic E-state index is 12.4. The van der Waals surface area contributed by atoms with Crippen LogP contribution in [0.3, 0.4) is 0 Å². The number of carbonyl (C=O) groups excluding carboxylic acids is 1. The van der Waals surface area contributed by atoms with Crippen LogP contribution in [0.1, 0.15) is 22.8 Å². The number of hydrogen-bond donors (Lipinski definition) is 0. The highest BCUT2D eigenvalue weighted by molar-refractivity contribution is 6.30. The fraction of sp³-hybridized carbons (Fsp3) is 0.235. The zero-order valence-electron chi connectivity index (χ0n) is 11.6. The van der Waals surface area contributed by atoms with Crippen LogP contribution in [0.4, 0.5) is 0 Å². The monoisotopic (exact) mass is 302 g/mol. The van der Waals surface area contributed by atoms with Crippen LogP contribution in [-0.4, -0.2) is 18.5 Å². The lowest BCUT2D eigenvalue weighted by Gasteiger charge is -2.14. The van der Waals surface area contributed by atoms with Crippen molar-refractivity contribution in [3.05, 3.63) is 58.6 Å². The van der Waals surface area contributed by atoms with E-state index in [1.54, 1.807) is 37.3 Å². The molecule has 3 rings (SSSR count). The SMILES string of the molecule is CC(Oc1cccc(Cl)c1)C(=O)c1ccc2c(c1)CCO2. The van der Waals surface area contributed by atoms with Gasteiger partial charge in [-0.05, 0) is 48.9 Å². The molecule has 1 unspecified atom stereocenters. The molecule has 2 aromatic rings. The molecule has 1 heterocycles. The normalized spacial score (nSPS) is 14.2. The highest BCUT2D eigenvalue weighted by Crippen LogP contribution is 2.27. The largest absolute Gasteiger partial charge is 0.493 e. The third-order valence-electron chi connectivity index (χ3n) is 3.45. The van der Waals surface area contributed by atoms with E-state index in [1.165, 1.54) is 0 Å². The van der Waals surface area contributed by atoms with Crippen molar-refractivity contribution in [2.45, 2.75) is 19.4 Å². The Bertz CT molecular complexity index is 681. The molecule has 0 spiro atoms. The Morgan fingerprint density at radius 2 is 2.14 bits per heavy atom. The molecule has 1 aliphatic rings. The number of Topliss-reactive ketones (excluding diaryl/α,β-unsaturated/α-hetero) is 1. The van der Waals surface area contributed by atoms with Gasteiger partial charge in [0.1, 0.15) is 11.5 Å². The van der Waals surface area contributed by atoms with Gasteiger partial charge in [-0.15, -0.1) is 0 Å². The van der Waals surface area contributed by atoms with Crippen molar-refractivity contribution in [2.24, 2.45) is 0 Å². The molecule has 3 nitrogen and oxygen atoms in total. The molecule has 4 heteroatoms. The van der Waals surface area contributed by atoms with Crippen molar-refractivity contribution >= 4 is 17.4 Å². The summed E-state index contributed by atoms with van der Waals surface area (Å²) in [7, 11) is 0. The molecule has 0 radical (unpaired) electrons. The molecule has 0 saturated carbocycles. The van der Waals surface area contributed by atoms with E-state index in [0.717, 1.165) is 17.7 Å². The maximum Gasteiger partial charge on any atom is 0.203 e. The van der Waals surface area contributed by atoms with E-state index in [4.69, 9.17) is 21.1 Å². The summed E-state index contributed by atoms with van der Waals surface area (Å²) in [6.45, 7) is 2.43. The first-order valence-corrected chi connectivity index (χ1v) is 7.23. The molecule has 2 aromatic carbocycles. The summed E-state index contributed by atoms with van der Waals surface area (Å²) in [4.78, 5) is 12.4. The quantitative estimate of drug-likeness (QED) is 0.803. The fourth-order valence-electron chi connectivity index (χ4n) is 2.37. The molecular formula is C17H15ClO3. The first kappa shape index (κ1) is 14.0. The van der Waals surface area contributed by atoms with Gasteiger partial charge < -0.3 is 9.47 Å². The minimum Gasteiger partial charge on any atom is -0.493 e. The third-order valence-corrected chi connectivity index (χ3v) is 3.69. The van der Waals surface area contributed by atoms with Gasteiger partial charge in [-0.1, -0.05) is 17.7 Å². The highest BCUT2D eigenvalue weighted by Gasteiger charge is 2.20. The summed E-state index contributed by atoms with van der Waals surface area (Å²) < 4.78 is 11.1. The van der Waals surface area contributed by atoms with Gasteiger partial charge in [-0.2, -0.15) is 0 Å². The van der Waals surface area contributed by atoms with E-state index in [1.807, 2.05) is 12.1 Å². The van der Waals surface area contributed by atoms with Crippen LogP contribution >= 0.6 is 11.6 Å². The second-order valence-electron chi connectivity index (χ2n) is 5.00. The second kappa shape index (κ2) is 5.78. The van der Waals surface area contributed by atoms with E-state index in [0.29, 0.717) is 22.9 Å². The molecule has 0 saturated heterocycles. The van der Waals surface area contributed by atoms with E-state index >= 15 is 0 Å². The number of hydrogen-bond acceptors (Lipinski definition) is 3. The lowest BCUT2D eigenvalue weighted by molar-refractivity contribution is 0.0818. The Labute approximate surface area is 128 Å². The predicted octanol–water partition coefficient (Wildman–Crippen LogP) is 3.93. The first-order valence-electron chi connectivity index (χ1n) is 6.85. The summed E-state index contributed by atoms with van der Waals surface area (Å²) >= 11 is 5.91. The van der Waals surface area contributed by atoms with Crippen molar-refractivity contribution in [3.8, 4) is 11.5 Å². The van der Waals surface area contributed by atoms with Crippen LogP contribution in [0.25, 0.3) is 0 Å². The predicted molar refractivity (Wildman–Crippen MR) is 81.5 cm³/mol. The van der Waals surface area contributed by atoms with E-state index in [-0.39, 0.29) is 5.78 Å². The lowest BCUT2D eigenvalue weighted by Crippen LogP contribution is -2.24. The van der Waals surface area contributed by atoms with Crippen molar-refractivity contribution in [1.82, 2.24) is 0 Å². The Hall–Kier alpha value is -2.00. The van der Waals surface area contributed by atoms with Crippen LogP contribution in [0.15, 0.2) is 42.5 Å². The number of carbonyl (C=O) groups is 1. The lowest BCUT2D eigenvalue weighted by atomic mass is 10.0. The van der Waals surface area contributed by atoms with Crippen LogP contribution in [0, 0.1) is 0 Å². The molecule has 0 fully saturated rings. The number of ether oxygens (including phenoxy) is 2. The number of ketones is 1. The summed E-state index contributed by atoms with van der Waals surface area (Å²) in [5.41, 5.74) is 1.73. The Morgan fingerprint density at radius 3 is 2.95 bits per heavy atom. The van der Waals surface area contributed by atoms with Crippen molar-refractivity contribution in [3.63, 3.8) is 0 Å². The topological polar surface area (TPSA) is 35.5 Å². The summed E-state index contributed by atoms with van der Waals surface area (Å²) in [6.07, 6.45) is 0.281. The van der Waals surface area contributed by atoms with Crippen molar-refractivity contribution < 1.29 is 14.3 Å². The maximum atomic E-state index is 12.4. The third kappa shape index (κ3) is 3.03. The van der Waals surface area contributed by atoms with Gasteiger partial charge in [0.05, 0.1) is 6.61 Å². The van der Waals surface area contributed by atoms with Crippen LogP contribution in [0.2, 0.25) is 5.02 Å². The number of rotatable bonds is 4. The molecule has 0 aromatic heterocycles. The van der Waals surface area contributed by atoms with E-state index in [9.17, 15) is 4.79 Å². The number of benzene rings is 2. The van der Waals surface area contributed by atoms with E-state index < -0.39 is 6.10 Å². The zero-order valence-corrected chi connectivity index (χ0v) is 12.4. The highest BCUT2D eigenvalue weighted by atomic mass is 35.5. The van der Waals surface area contributed by atoms with Crippen LogP contribution < -0.4 is 9.47 Å². The molecule has 0 amide bonds. The van der Waals surface area contributed by atoms with Crippen LogP contribution in [-0.2, 0) is 6.42 Å². The van der Waals surface area contributed by atoms with E-state index in [2.05, 4.69) is 0 Å². The summed E-state index contributed by atoms with van der Waals surface area (Å²) in [5, 5.41) is 0.585. The first-order chi connectivity index (χ1) is 10.1. The Morgan fingerprint density at radius 1 is 1.29 bits per heavy atom. The second-order valence-corrected chi connectivity index (χ2v) is 5.44. The van der Waals surface area contributed by atoms with Gasteiger partial charge in [0.2, 0.25) is 5.78 Å². The smallest absolute Gasteiger partial charge is 0.203 e. The van der Waals surface area contributed by atoms with Gasteiger partial charge in [0.25, 0.3) is 0 Å². The van der Waals surface area contributed by atoms with Gasteiger partial charge in [-0.3, -0.25) is 4.79 Å². The average molecular weight is 303 g/mol. The van der Waals surface area contributed by atoms with Gasteiger partial charge >= 0.3 is 0 Å². The minimum atomic E-state index is -0.566. The van der Waals surface area contributed by atoms with Gasteiger partial charge in [0.15, 0.2) is 6.10 Å². The minimum absolute atomic E-state index is 0.0512. The van der Waals surface area contributed by atoms with Crippen molar-refractivity contribution in [2.75, 3.05) is 6.61 Å². The van der Waals surface area contributed by atoms with Gasteiger partial charge in [-0.25, -0.2) is 0 Å². The fourth-order valence-corrected chi connectivity index (χ4v) is 2.55. The standard InChI is InChI=1S/C17H15ClO3/c1-11(21-15-4-2-3-14(18)10-15)17(19)13-5-6-16-12(9-13)7-8-20-16/h2-6,9-11H,7-8H2,1H3. The number of fused-ring (bicyclic) bond motifs is 1. The molecule has 0 N–H and O–H groups in total. The summed E-state index contributed by atoms with van der Waals surface area (Å²) in [5.74, 6) is 1.41. The molecule has 108 valence electrons. The average Bonchev–Trinajstić information content (AvgIpc) is 2.93. The molecule has 1 aliphatic heterocycles. The zero-order chi connectivity index (χ0) is 14.8. The Balaban J connectivity index is 1.75. The molecule has 1 atom stereocenters. The summed E-state index contributed by atoms with van der Waals surface area (Å²) in [6, 6.07) is 12.6. The molecule has 21 heavy (non-hydrogen) atoms. The van der Waals surface area contributed by atoms with Gasteiger partial charge in [0, 0.05) is 17.0 Å². The molecule has 0 bridgehead atoms. The molecular weight excluding hydrogens is 288 g/mol. The van der Waals surface area contributed by atoms with Crippen LogP contribution in [0.5, 0.6) is 11.5 Å².